The van der Waals surface area contributed by atoms with Gasteiger partial charge in [0.05, 0.1) is 6.54 Å². The highest BCUT2D eigenvalue weighted by atomic mass is 19.3. The van der Waals surface area contributed by atoms with Gasteiger partial charge in [-0.1, -0.05) is 0 Å². The van der Waals surface area contributed by atoms with Gasteiger partial charge in [-0.2, -0.15) is 0 Å². The van der Waals surface area contributed by atoms with E-state index in [1.807, 2.05) is 0 Å². The van der Waals surface area contributed by atoms with Crippen molar-refractivity contribution in [2.75, 3.05) is 45.8 Å². The van der Waals surface area contributed by atoms with Crippen molar-refractivity contribution in [3.63, 3.8) is 0 Å². The zero-order valence-corrected chi connectivity index (χ0v) is 10.6. The molecule has 0 aromatic carbocycles. The monoisotopic (exact) mass is 261 g/mol. The Bertz CT molecular complexity index is 293. The molecule has 2 rings (SSSR count). The van der Waals surface area contributed by atoms with Crippen LogP contribution in [0.15, 0.2) is 0 Å². The normalized spacial score (nSPS) is 24.4. The van der Waals surface area contributed by atoms with Crippen LogP contribution in [0.1, 0.15) is 19.3 Å². The largest absolute Gasteiger partial charge is 0.336 e. The van der Waals surface area contributed by atoms with Gasteiger partial charge < -0.3 is 15.1 Å². The molecule has 0 unspecified atom stereocenters. The SMILES string of the molecule is O=C(CCCN1CCNCC1)N1CCC(F)(F)C1. The lowest BCUT2D eigenvalue weighted by Gasteiger charge is -2.27. The quantitative estimate of drug-likeness (QED) is 0.802. The molecule has 1 N–H and O–H groups in total. The minimum Gasteiger partial charge on any atom is -0.336 e. The Labute approximate surface area is 106 Å². The van der Waals surface area contributed by atoms with Gasteiger partial charge in [0.1, 0.15) is 0 Å². The second-order valence-electron chi connectivity index (χ2n) is 5.12. The second-order valence-corrected chi connectivity index (χ2v) is 5.12. The van der Waals surface area contributed by atoms with Crippen LogP contribution >= 0.6 is 0 Å². The van der Waals surface area contributed by atoms with Crippen LogP contribution in [0.2, 0.25) is 0 Å². The van der Waals surface area contributed by atoms with E-state index < -0.39 is 5.92 Å². The van der Waals surface area contributed by atoms with E-state index in [1.165, 1.54) is 4.90 Å². The van der Waals surface area contributed by atoms with Crippen molar-refractivity contribution in [2.45, 2.75) is 25.2 Å². The molecular formula is C12H21F2N3O. The van der Waals surface area contributed by atoms with E-state index in [0.29, 0.717) is 6.42 Å². The van der Waals surface area contributed by atoms with Crippen LogP contribution in [0.5, 0.6) is 0 Å². The fourth-order valence-corrected chi connectivity index (χ4v) is 2.50. The van der Waals surface area contributed by atoms with Crippen LogP contribution in [-0.4, -0.2) is 67.4 Å². The summed E-state index contributed by atoms with van der Waals surface area (Å²) in [5, 5.41) is 3.27. The van der Waals surface area contributed by atoms with Crippen molar-refractivity contribution in [1.82, 2.24) is 15.1 Å². The minimum absolute atomic E-state index is 0.123. The number of piperazine rings is 1. The molecule has 1 amide bonds. The van der Waals surface area contributed by atoms with Gasteiger partial charge in [0.15, 0.2) is 0 Å². The molecule has 0 radical (unpaired) electrons. The maximum absolute atomic E-state index is 13.0. The van der Waals surface area contributed by atoms with E-state index in [9.17, 15) is 13.6 Å². The smallest absolute Gasteiger partial charge is 0.267 e. The lowest BCUT2D eigenvalue weighted by Crippen LogP contribution is -2.44. The molecule has 0 aromatic rings. The first-order chi connectivity index (χ1) is 8.57. The summed E-state index contributed by atoms with van der Waals surface area (Å²) in [7, 11) is 0. The first-order valence-corrected chi connectivity index (χ1v) is 6.65. The summed E-state index contributed by atoms with van der Waals surface area (Å²) in [4.78, 5) is 15.3. The third kappa shape index (κ3) is 3.88. The molecule has 6 heteroatoms. The topological polar surface area (TPSA) is 35.6 Å². The highest BCUT2D eigenvalue weighted by Gasteiger charge is 2.39. The summed E-state index contributed by atoms with van der Waals surface area (Å²) in [6, 6.07) is 0. The molecular weight excluding hydrogens is 240 g/mol. The summed E-state index contributed by atoms with van der Waals surface area (Å²) in [6.07, 6.45) is 0.970. The lowest BCUT2D eigenvalue weighted by atomic mass is 10.2. The number of nitrogens with zero attached hydrogens (tertiary/aromatic N) is 2. The molecule has 0 atom stereocenters. The molecule has 0 aliphatic carbocycles. The van der Waals surface area contributed by atoms with Crippen molar-refractivity contribution >= 4 is 5.91 Å². The Balaban J connectivity index is 1.63. The predicted molar refractivity (Wildman–Crippen MR) is 64.7 cm³/mol. The Hall–Kier alpha value is -0.750. The van der Waals surface area contributed by atoms with Gasteiger partial charge in [0, 0.05) is 45.6 Å². The van der Waals surface area contributed by atoms with Crippen LogP contribution in [0, 0.1) is 0 Å². The maximum atomic E-state index is 13.0. The number of carbonyl (C=O) groups excluding carboxylic acids is 1. The van der Waals surface area contributed by atoms with Crippen molar-refractivity contribution < 1.29 is 13.6 Å². The standard InChI is InChI=1S/C12H21F2N3O/c13-12(14)3-7-17(10-12)11(18)2-1-6-16-8-4-15-5-9-16/h15H,1-10H2. The highest BCUT2D eigenvalue weighted by Crippen LogP contribution is 2.27. The number of carbonyl (C=O) groups is 1. The number of rotatable bonds is 4. The summed E-state index contributed by atoms with van der Waals surface area (Å²) < 4.78 is 25.9. The maximum Gasteiger partial charge on any atom is 0.267 e. The molecule has 0 saturated carbocycles. The van der Waals surface area contributed by atoms with E-state index in [4.69, 9.17) is 0 Å². The molecule has 0 bridgehead atoms. The zero-order chi connectivity index (χ0) is 13.0. The van der Waals surface area contributed by atoms with Gasteiger partial charge in [0.2, 0.25) is 5.91 Å². The number of alkyl halides is 2. The van der Waals surface area contributed by atoms with Gasteiger partial charge in [-0.3, -0.25) is 4.79 Å². The van der Waals surface area contributed by atoms with Gasteiger partial charge in [-0.05, 0) is 13.0 Å². The molecule has 2 saturated heterocycles. The number of nitrogens with one attached hydrogen (secondary N) is 1. The van der Waals surface area contributed by atoms with Crippen molar-refractivity contribution in [3.8, 4) is 0 Å². The molecule has 2 aliphatic heterocycles. The molecule has 18 heavy (non-hydrogen) atoms. The van der Waals surface area contributed by atoms with E-state index >= 15 is 0 Å². The third-order valence-electron chi connectivity index (χ3n) is 3.60. The van der Waals surface area contributed by atoms with Crippen LogP contribution in [0.25, 0.3) is 0 Å². The van der Waals surface area contributed by atoms with Crippen molar-refractivity contribution in [3.05, 3.63) is 0 Å². The van der Waals surface area contributed by atoms with E-state index in [-0.39, 0.29) is 25.4 Å². The van der Waals surface area contributed by atoms with Gasteiger partial charge in [0.25, 0.3) is 5.92 Å². The molecule has 104 valence electrons. The average Bonchev–Trinajstić information content (AvgIpc) is 2.71. The number of likely N-dealkylation sites (tertiary alicyclic amines) is 1. The molecule has 2 aliphatic rings. The van der Waals surface area contributed by atoms with Crippen LogP contribution < -0.4 is 5.32 Å². The van der Waals surface area contributed by atoms with Crippen molar-refractivity contribution in [1.29, 1.82) is 0 Å². The Kier molecular flexibility index (Phi) is 4.50. The highest BCUT2D eigenvalue weighted by molar-refractivity contribution is 5.76. The molecule has 2 fully saturated rings. The fourth-order valence-electron chi connectivity index (χ4n) is 2.50. The first kappa shape index (κ1) is 13.7. The summed E-state index contributed by atoms with van der Waals surface area (Å²) >= 11 is 0. The number of hydrogen-bond donors (Lipinski definition) is 1. The number of amides is 1. The van der Waals surface area contributed by atoms with E-state index in [1.54, 1.807) is 0 Å². The van der Waals surface area contributed by atoms with Crippen LogP contribution in [0.3, 0.4) is 0 Å². The van der Waals surface area contributed by atoms with Crippen molar-refractivity contribution in [2.24, 2.45) is 0 Å². The zero-order valence-electron chi connectivity index (χ0n) is 10.6. The average molecular weight is 261 g/mol. The van der Waals surface area contributed by atoms with Crippen LogP contribution in [-0.2, 0) is 4.79 Å². The third-order valence-corrected chi connectivity index (χ3v) is 3.60. The molecule has 0 aromatic heterocycles. The lowest BCUT2D eigenvalue weighted by molar-refractivity contribution is -0.131. The summed E-state index contributed by atoms with van der Waals surface area (Å²) in [5.74, 6) is -2.80. The number of halogens is 2. The summed E-state index contributed by atoms with van der Waals surface area (Å²) in [6.45, 7) is 4.71. The predicted octanol–water partition coefficient (Wildman–Crippen LogP) is 0.539. The van der Waals surface area contributed by atoms with Crippen LogP contribution in [0.4, 0.5) is 8.78 Å². The van der Waals surface area contributed by atoms with Gasteiger partial charge in [-0.15, -0.1) is 0 Å². The Morgan fingerprint density at radius 2 is 1.94 bits per heavy atom. The molecule has 2 heterocycles. The van der Waals surface area contributed by atoms with Gasteiger partial charge in [-0.25, -0.2) is 8.78 Å². The Morgan fingerprint density at radius 1 is 1.22 bits per heavy atom. The summed E-state index contributed by atoms with van der Waals surface area (Å²) in [5.41, 5.74) is 0. The van der Waals surface area contributed by atoms with E-state index in [0.717, 1.165) is 39.1 Å². The molecule has 0 spiro atoms. The Morgan fingerprint density at radius 3 is 2.56 bits per heavy atom. The second kappa shape index (κ2) is 5.93. The minimum atomic E-state index is -2.67. The fraction of sp³-hybridized carbons (Fsp3) is 0.917. The number of hydrogen-bond acceptors (Lipinski definition) is 3. The molecule has 4 nitrogen and oxygen atoms in total. The first-order valence-electron chi connectivity index (χ1n) is 6.65. The van der Waals surface area contributed by atoms with E-state index in [2.05, 4.69) is 10.2 Å². The van der Waals surface area contributed by atoms with Gasteiger partial charge >= 0.3 is 0 Å².